The molecule has 0 amide bonds. The lowest BCUT2D eigenvalue weighted by atomic mass is 10.1. The second kappa shape index (κ2) is 6.00. The van der Waals surface area contributed by atoms with Gasteiger partial charge in [0, 0.05) is 12.7 Å². The second-order valence-electron chi connectivity index (χ2n) is 4.40. The van der Waals surface area contributed by atoms with Gasteiger partial charge in [-0.05, 0) is 31.0 Å². The molecular weight excluding hydrogens is 240 g/mol. The molecule has 4 heteroatoms. The van der Waals surface area contributed by atoms with Gasteiger partial charge in [0.15, 0.2) is 0 Å². The van der Waals surface area contributed by atoms with Crippen LogP contribution in [0, 0.1) is 6.92 Å². The van der Waals surface area contributed by atoms with Gasteiger partial charge in [0.1, 0.15) is 5.82 Å². The maximum atomic E-state index is 10.7. The molecule has 1 aromatic heterocycles. The Morgan fingerprint density at radius 2 is 1.95 bits per heavy atom. The van der Waals surface area contributed by atoms with Crippen molar-refractivity contribution in [3.05, 3.63) is 59.3 Å². The molecule has 2 N–H and O–H groups in total. The van der Waals surface area contributed by atoms with Crippen LogP contribution in [0.15, 0.2) is 42.6 Å². The molecule has 0 bridgehead atoms. The minimum Gasteiger partial charge on any atom is -0.478 e. The van der Waals surface area contributed by atoms with Crippen molar-refractivity contribution in [2.75, 3.05) is 11.9 Å². The van der Waals surface area contributed by atoms with Crippen LogP contribution in [0.1, 0.15) is 21.5 Å². The fraction of sp³-hybridized carbons (Fsp3) is 0.200. The Morgan fingerprint density at radius 3 is 2.53 bits per heavy atom. The summed E-state index contributed by atoms with van der Waals surface area (Å²) in [6.07, 6.45) is 2.26. The summed E-state index contributed by atoms with van der Waals surface area (Å²) < 4.78 is 0. The number of pyridine rings is 1. The van der Waals surface area contributed by atoms with Gasteiger partial charge in [-0.2, -0.15) is 0 Å². The number of nitrogens with zero attached hydrogens (tertiary/aromatic N) is 1. The lowest BCUT2D eigenvalue weighted by Gasteiger charge is -2.06. The molecule has 0 aliphatic carbocycles. The van der Waals surface area contributed by atoms with Gasteiger partial charge >= 0.3 is 5.97 Å². The van der Waals surface area contributed by atoms with Crippen LogP contribution in [0.3, 0.4) is 0 Å². The van der Waals surface area contributed by atoms with Crippen LogP contribution in [0.25, 0.3) is 0 Å². The van der Waals surface area contributed by atoms with E-state index in [1.807, 2.05) is 0 Å². The van der Waals surface area contributed by atoms with Gasteiger partial charge in [0.25, 0.3) is 0 Å². The maximum Gasteiger partial charge on any atom is 0.337 e. The van der Waals surface area contributed by atoms with Crippen LogP contribution in [-0.4, -0.2) is 22.6 Å². The number of hydrogen-bond acceptors (Lipinski definition) is 3. The van der Waals surface area contributed by atoms with E-state index in [0.717, 1.165) is 13.0 Å². The highest BCUT2D eigenvalue weighted by atomic mass is 16.4. The molecule has 4 nitrogen and oxygen atoms in total. The minimum atomic E-state index is -0.960. The molecule has 1 heterocycles. The number of anilines is 1. The van der Waals surface area contributed by atoms with E-state index >= 15 is 0 Å². The fourth-order valence-corrected chi connectivity index (χ4v) is 1.71. The van der Waals surface area contributed by atoms with Crippen molar-refractivity contribution in [2.45, 2.75) is 13.3 Å². The molecule has 19 heavy (non-hydrogen) atoms. The first kappa shape index (κ1) is 13.1. The summed E-state index contributed by atoms with van der Waals surface area (Å²) >= 11 is 0. The number of carboxylic acid groups (broad SMARTS) is 1. The van der Waals surface area contributed by atoms with Crippen molar-refractivity contribution in [1.82, 2.24) is 4.98 Å². The van der Waals surface area contributed by atoms with Crippen LogP contribution in [0.4, 0.5) is 5.82 Å². The lowest BCUT2D eigenvalue weighted by Crippen LogP contribution is -2.07. The number of carboxylic acids is 1. The number of rotatable bonds is 5. The van der Waals surface area contributed by atoms with Gasteiger partial charge in [-0.1, -0.05) is 29.8 Å². The highest BCUT2D eigenvalue weighted by Crippen LogP contribution is 2.07. The third-order valence-electron chi connectivity index (χ3n) is 2.85. The normalized spacial score (nSPS) is 10.2. The molecule has 0 saturated heterocycles. The highest BCUT2D eigenvalue weighted by Gasteiger charge is 2.02. The smallest absolute Gasteiger partial charge is 0.337 e. The summed E-state index contributed by atoms with van der Waals surface area (Å²) in [5.41, 5.74) is 2.71. The lowest BCUT2D eigenvalue weighted by molar-refractivity contribution is 0.0696. The standard InChI is InChI=1S/C15H16N2O2/c1-11-2-4-12(5-3-11)8-9-16-14-7-6-13(10-17-14)15(18)19/h2-7,10H,8-9H2,1H3,(H,16,17)(H,18,19). The van der Waals surface area contributed by atoms with Gasteiger partial charge in [0.2, 0.25) is 0 Å². The van der Waals surface area contributed by atoms with E-state index in [9.17, 15) is 4.79 Å². The molecule has 0 saturated carbocycles. The van der Waals surface area contributed by atoms with Crippen molar-refractivity contribution in [2.24, 2.45) is 0 Å². The van der Waals surface area contributed by atoms with Crippen LogP contribution in [0.2, 0.25) is 0 Å². The number of carbonyl (C=O) groups is 1. The van der Waals surface area contributed by atoms with Crippen molar-refractivity contribution in [3.8, 4) is 0 Å². The summed E-state index contributed by atoms with van der Waals surface area (Å²) in [6, 6.07) is 11.6. The molecule has 0 atom stereocenters. The molecule has 0 fully saturated rings. The van der Waals surface area contributed by atoms with E-state index in [4.69, 9.17) is 5.11 Å². The first-order valence-electron chi connectivity index (χ1n) is 6.14. The van der Waals surface area contributed by atoms with Gasteiger partial charge < -0.3 is 10.4 Å². The van der Waals surface area contributed by atoms with Gasteiger partial charge in [-0.3, -0.25) is 0 Å². The molecule has 98 valence electrons. The average Bonchev–Trinajstić information content (AvgIpc) is 2.41. The van der Waals surface area contributed by atoms with E-state index in [2.05, 4.69) is 41.5 Å². The SMILES string of the molecule is Cc1ccc(CCNc2ccc(C(=O)O)cn2)cc1. The molecule has 0 aliphatic rings. The third-order valence-corrected chi connectivity index (χ3v) is 2.85. The third kappa shape index (κ3) is 3.81. The summed E-state index contributed by atoms with van der Waals surface area (Å²) in [6.45, 7) is 2.83. The first-order chi connectivity index (χ1) is 9.15. The molecule has 2 rings (SSSR count). The number of aryl methyl sites for hydroxylation is 1. The molecular formula is C15H16N2O2. The predicted octanol–water partition coefficient (Wildman–Crippen LogP) is 2.74. The molecule has 0 radical (unpaired) electrons. The van der Waals surface area contributed by atoms with Gasteiger partial charge in [-0.25, -0.2) is 9.78 Å². The zero-order valence-electron chi connectivity index (χ0n) is 10.8. The largest absolute Gasteiger partial charge is 0.478 e. The average molecular weight is 256 g/mol. The Morgan fingerprint density at radius 1 is 1.21 bits per heavy atom. The molecule has 2 aromatic rings. The molecule has 0 unspecified atom stereocenters. The molecule has 1 aromatic carbocycles. The fourth-order valence-electron chi connectivity index (χ4n) is 1.71. The van der Waals surface area contributed by atoms with Gasteiger partial charge in [-0.15, -0.1) is 0 Å². The molecule has 0 aliphatic heterocycles. The van der Waals surface area contributed by atoms with E-state index in [0.29, 0.717) is 5.82 Å². The predicted molar refractivity (Wildman–Crippen MR) is 74.6 cm³/mol. The Labute approximate surface area is 112 Å². The Balaban J connectivity index is 1.85. The number of aromatic nitrogens is 1. The zero-order valence-corrected chi connectivity index (χ0v) is 10.8. The second-order valence-corrected chi connectivity index (χ2v) is 4.40. The van der Waals surface area contributed by atoms with E-state index in [1.54, 1.807) is 12.1 Å². The quantitative estimate of drug-likeness (QED) is 0.863. The van der Waals surface area contributed by atoms with Crippen LogP contribution < -0.4 is 5.32 Å². The topological polar surface area (TPSA) is 62.2 Å². The van der Waals surface area contributed by atoms with E-state index < -0.39 is 5.97 Å². The summed E-state index contributed by atoms with van der Waals surface area (Å²) in [5.74, 6) is -0.268. The first-order valence-corrected chi connectivity index (χ1v) is 6.14. The Hall–Kier alpha value is -2.36. The summed E-state index contributed by atoms with van der Waals surface area (Å²) in [7, 11) is 0. The van der Waals surface area contributed by atoms with E-state index in [1.165, 1.54) is 17.3 Å². The van der Waals surface area contributed by atoms with Crippen LogP contribution in [0.5, 0.6) is 0 Å². The summed E-state index contributed by atoms with van der Waals surface area (Å²) in [5, 5.41) is 11.9. The van der Waals surface area contributed by atoms with Crippen molar-refractivity contribution >= 4 is 11.8 Å². The van der Waals surface area contributed by atoms with Crippen molar-refractivity contribution in [1.29, 1.82) is 0 Å². The highest BCUT2D eigenvalue weighted by molar-refractivity contribution is 5.87. The summed E-state index contributed by atoms with van der Waals surface area (Å²) in [4.78, 5) is 14.7. The molecule has 0 spiro atoms. The van der Waals surface area contributed by atoms with Crippen LogP contribution in [-0.2, 0) is 6.42 Å². The maximum absolute atomic E-state index is 10.7. The van der Waals surface area contributed by atoms with E-state index in [-0.39, 0.29) is 5.56 Å². The monoisotopic (exact) mass is 256 g/mol. The van der Waals surface area contributed by atoms with Crippen molar-refractivity contribution in [3.63, 3.8) is 0 Å². The zero-order chi connectivity index (χ0) is 13.7. The van der Waals surface area contributed by atoms with Crippen molar-refractivity contribution < 1.29 is 9.90 Å². The number of hydrogen-bond donors (Lipinski definition) is 2. The number of benzene rings is 1. The Bertz CT molecular complexity index is 547. The number of aromatic carboxylic acids is 1. The minimum absolute atomic E-state index is 0.198. The number of nitrogens with one attached hydrogen (secondary N) is 1. The van der Waals surface area contributed by atoms with Crippen LogP contribution >= 0.6 is 0 Å². The van der Waals surface area contributed by atoms with Gasteiger partial charge in [0.05, 0.1) is 5.56 Å². The Kier molecular flexibility index (Phi) is 4.13.